The van der Waals surface area contributed by atoms with Gasteiger partial charge in [-0.1, -0.05) is 54.6 Å². The molecule has 0 fully saturated rings. The maximum atomic E-state index is 12.6. The molecule has 3 rings (SSSR count). The lowest BCUT2D eigenvalue weighted by Gasteiger charge is -2.21. The molecule has 4 heteroatoms. The number of carbonyl (C=O) groups is 2. The quantitative estimate of drug-likeness (QED) is 0.717. The monoisotopic (exact) mass is 360 g/mol. The van der Waals surface area contributed by atoms with Crippen LogP contribution in [-0.2, 0) is 11.2 Å². The molecule has 0 atom stereocenters. The third-order valence-corrected chi connectivity index (χ3v) is 4.17. The van der Waals surface area contributed by atoms with Crippen LogP contribution in [0.5, 0.6) is 0 Å². The summed E-state index contributed by atoms with van der Waals surface area (Å²) in [5, 5.41) is 7.99. The minimum Gasteiger partial charge on any atom is -0.347 e. The van der Waals surface area contributed by atoms with E-state index in [1.807, 2.05) is 63.2 Å². The van der Waals surface area contributed by atoms with Crippen molar-refractivity contribution in [2.24, 2.45) is 0 Å². The van der Waals surface area contributed by atoms with Crippen molar-refractivity contribution in [2.75, 3.05) is 5.32 Å². The van der Waals surface area contributed by atoms with Crippen LogP contribution >= 0.6 is 0 Å². The summed E-state index contributed by atoms with van der Waals surface area (Å²) in [6.07, 6.45) is 0.247. The first-order chi connectivity index (χ1) is 12.8. The number of amides is 2. The van der Waals surface area contributed by atoms with Gasteiger partial charge in [0.15, 0.2) is 0 Å². The Kier molecular flexibility index (Phi) is 5.26. The second kappa shape index (κ2) is 7.62. The zero-order valence-electron chi connectivity index (χ0n) is 15.9. The van der Waals surface area contributed by atoms with E-state index >= 15 is 0 Å². The van der Waals surface area contributed by atoms with Crippen molar-refractivity contribution in [3.05, 3.63) is 77.9 Å². The highest BCUT2D eigenvalue weighted by molar-refractivity contribution is 6.04. The second-order valence-corrected chi connectivity index (χ2v) is 7.61. The maximum absolute atomic E-state index is 12.6. The predicted molar refractivity (Wildman–Crippen MR) is 110 cm³/mol. The van der Waals surface area contributed by atoms with E-state index in [1.54, 1.807) is 24.3 Å². The van der Waals surface area contributed by atoms with Gasteiger partial charge in [-0.25, -0.2) is 0 Å². The summed E-state index contributed by atoms with van der Waals surface area (Å²) in [5.41, 5.74) is 1.59. The second-order valence-electron chi connectivity index (χ2n) is 7.61. The van der Waals surface area contributed by atoms with Gasteiger partial charge >= 0.3 is 0 Å². The predicted octanol–water partition coefficient (Wildman–Crippen LogP) is 4.55. The van der Waals surface area contributed by atoms with Crippen molar-refractivity contribution >= 4 is 28.3 Å². The molecule has 3 aromatic carbocycles. The smallest absolute Gasteiger partial charge is 0.253 e. The van der Waals surface area contributed by atoms with E-state index in [2.05, 4.69) is 10.6 Å². The molecule has 27 heavy (non-hydrogen) atoms. The number of nitrogens with one attached hydrogen (secondary N) is 2. The lowest BCUT2D eigenvalue weighted by molar-refractivity contribution is -0.115. The molecule has 2 N–H and O–H groups in total. The first kappa shape index (κ1) is 18.6. The topological polar surface area (TPSA) is 58.2 Å². The van der Waals surface area contributed by atoms with E-state index in [4.69, 9.17) is 0 Å². The number of fused-ring (bicyclic) bond motifs is 1. The van der Waals surface area contributed by atoms with E-state index in [-0.39, 0.29) is 23.8 Å². The summed E-state index contributed by atoms with van der Waals surface area (Å²) in [5.74, 6) is -0.356. The third kappa shape index (κ3) is 4.73. The van der Waals surface area contributed by atoms with Crippen molar-refractivity contribution in [3.63, 3.8) is 0 Å². The summed E-state index contributed by atoms with van der Waals surface area (Å²) in [7, 11) is 0. The zero-order valence-corrected chi connectivity index (χ0v) is 15.9. The van der Waals surface area contributed by atoms with Crippen molar-refractivity contribution in [1.29, 1.82) is 0 Å². The Balaban J connectivity index is 1.79. The molecular formula is C23H24N2O2. The molecule has 0 aromatic heterocycles. The van der Waals surface area contributed by atoms with Gasteiger partial charge in [0.1, 0.15) is 0 Å². The lowest BCUT2D eigenvalue weighted by Crippen LogP contribution is -2.40. The van der Waals surface area contributed by atoms with Crippen LogP contribution in [0.2, 0.25) is 0 Å². The molecule has 0 radical (unpaired) electrons. The molecular weight excluding hydrogens is 336 g/mol. The highest BCUT2D eigenvalue weighted by Gasteiger charge is 2.18. The number of benzene rings is 3. The summed E-state index contributed by atoms with van der Waals surface area (Å²) in [6, 6.07) is 21.0. The van der Waals surface area contributed by atoms with Gasteiger partial charge < -0.3 is 10.6 Å². The molecule has 138 valence electrons. The van der Waals surface area contributed by atoms with Crippen molar-refractivity contribution in [2.45, 2.75) is 32.7 Å². The van der Waals surface area contributed by atoms with Gasteiger partial charge in [0.2, 0.25) is 5.91 Å². The van der Waals surface area contributed by atoms with Crippen LogP contribution in [0, 0.1) is 0 Å². The minimum absolute atomic E-state index is 0.151. The summed E-state index contributed by atoms with van der Waals surface area (Å²) in [6.45, 7) is 5.77. The number of hydrogen-bond donors (Lipinski definition) is 2. The van der Waals surface area contributed by atoms with Crippen LogP contribution in [-0.4, -0.2) is 17.4 Å². The van der Waals surface area contributed by atoms with E-state index in [9.17, 15) is 9.59 Å². The van der Waals surface area contributed by atoms with Crippen LogP contribution < -0.4 is 10.6 Å². The van der Waals surface area contributed by atoms with Gasteiger partial charge in [0.25, 0.3) is 5.91 Å². The van der Waals surface area contributed by atoms with E-state index < -0.39 is 0 Å². The molecule has 0 saturated heterocycles. The Labute approximate surface area is 159 Å². The number of anilines is 1. The zero-order chi connectivity index (χ0) is 19.4. The Morgan fingerprint density at radius 2 is 1.52 bits per heavy atom. The molecule has 4 nitrogen and oxygen atoms in total. The normalized spacial score (nSPS) is 11.2. The molecule has 0 aliphatic rings. The first-order valence-corrected chi connectivity index (χ1v) is 9.01. The van der Waals surface area contributed by atoms with Crippen LogP contribution in [0.3, 0.4) is 0 Å². The van der Waals surface area contributed by atoms with Gasteiger partial charge in [-0.2, -0.15) is 0 Å². The maximum Gasteiger partial charge on any atom is 0.253 e. The number of para-hydroxylation sites is 1. The molecule has 0 saturated carbocycles. The van der Waals surface area contributed by atoms with Crippen molar-refractivity contribution in [3.8, 4) is 0 Å². The summed E-state index contributed by atoms with van der Waals surface area (Å²) < 4.78 is 0. The molecule has 0 spiro atoms. The molecule has 0 aliphatic carbocycles. The highest BCUT2D eigenvalue weighted by atomic mass is 16.2. The Morgan fingerprint density at radius 3 is 2.30 bits per heavy atom. The fraction of sp³-hybridized carbons (Fsp3) is 0.217. The van der Waals surface area contributed by atoms with E-state index in [1.165, 1.54) is 0 Å². The van der Waals surface area contributed by atoms with Gasteiger partial charge in [-0.3, -0.25) is 9.59 Å². The molecule has 0 aliphatic heterocycles. The fourth-order valence-electron chi connectivity index (χ4n) is 3.01. The summed E-state index contributed by atoms with van der Waals surface area (Å²) in [4.78, 5) is 25.2. The average Bonchev–Trinajstić information content (AvgIpc) is 2.61. The van der Waals surface area contributed by atoms with Crippen LogP contribution in [0.15, 0.2) is 66.7 Å². The average molecular weight is 360 g/mol. The molecule has 2 amide bonds. The van der Waals surface area contributed by atoms with E-state index in [0.29, 0.717) is 11.3 Å². The SMILES string of the molecule is CC(C)(C)NC(=O)c1ccccc1NC(=O)Cc1cccc2ccccc12. The third-order valence-electron chi connectivity index (χ3n) is 4.17. The Bertz CT molecular complexity index is 982. The van der Waals surface area contributed by atoms with Crippen LogP contribution in [0.25, 0.3) is 10.8 Å². The number of carbonyl (C=O) groups excluding carboxylic acids is 2. The summed E-state index contributed by atoms with van der Waals surface area (Å²) >= 11 is 0. The molecule has 0 unspecified atom stereocenters. The molecule has 0 bridgehead atoms. The lowest BCUT2D eigenvalue weighted by atomic mass is 10.0. The van der Waals surface area contributed by atoms with Gasteiger partial charge in [-0.05, 0) is 49.2 Å². The first-order valence-electron chi connectivity index (χ1n) is 9.01. The van der Waals surface area contributed by atoms with E-state index in [0.717, 1.165) is 16.3 Å². The Hall–Kier alpha value is -3.14. The largest absolute Gasteiger partial charge is 0.347 e. The fourth-order valence-corrected chi connectivity index (χ4v) is 3.01. The van der Waals surface area contributed by atoms with Gasteiger partial charge in [-0.15, -0.1) is 0 Å². The minimum atomic E-state index is -0.350. The van der Waals surface area contributed by atoms with Crippen LogP contribution in [0.1, 0.15) is 36.7 Å². The van der Waals surface area contributed by atoms with Gasteiger partial charge in [0.05, 0.1) is 17.7 Å². The van der Waals surface area contributed by atoms with Crippen molar-refractivity contribution in [1.82, 2.24) is 5.32 Å². The highest BCUT2D eigenvalue weighted by Crippen LogP contribution is 2.21. The molecule has 0 heterocycles. The van der Waals surface area contributed by atoms with Crippen LogP contribution in [0.4, 0.5) is 5.69 Å². The molecule has 3 aromatic rings. The standard InChI is InChI=1S/C23H24N2O2/c1-23(2,3)25-22(27)19-13-6-7-14-20(19)24-21(26)15-17-11-8-10-16-9-4-5-12-18(16)17/h4-14H,15H2,1-3H3,(H,24,26)(H,25,27). The Morgan fingerprint density at radius 1 is 0.852 bits per heavy atom. The number of hydrogen-bond acceptors (Lipinski definition) is 2. The van der Waals surface area contributed by atoms with Gasteiger partial charge in [0, 0.05) is 5.54 Å². The van der Waals surface area contributed by atoms with Crippen molar-refractivity contribution < 1.29 is 9.59 Å². The number of rotatable bonds is 4.